The van der Waals surface area contributed by atoms with Gasteiger partial charge in [0.05, 0.1) is 21.3 Å². The second-order valence-corrected chi connectivity index (χ2v) is 8.85. The van der Waals surface area contributed by atoms with Crippen molar-refractivity contribution in [3.63, 3.8) is 0 Å². The van der Waals surface area contributed by atoms with Crippen molar-refractivity contribution in [3.05, 3.63) is 41.6 Å². The van der Waals surface area contributed by atoms with Gasteiger partial charge in [-0.2, -0.15) is 0 Å². The molecule has 1 aliphatic carbocycles. The molecule has 7 nitrogen and oxygen atoms in total. The largest absolute Gasteiger partial charge is 0.493 e. The fourth-order valence-corrected chi connectivity index (χ4v) is 4.69. The Morgan fingerprint density at radius 1 is 1.16 bits per heavy atom. The molecule has 7 heteroatoms. The number of benzene rings is 1. The molecular formula is C25H31NO6. The number of esters is 1. The molecule has 0 radical (unpaired) electrons. The molecule has 1 unspecified atom stereocenters. The zero-order chi connectivity index (χ0) is 23.6. The number of rotatable bonds is 7. The van der Waals surface area contributed by atoms with Crippen molar-refractivity contribution in [2.75, 3.05) is 27.9 Å². The third-order valence-corrected chi connectivity index (χ3v) is 5.97. The fraction of sp³-hybridized carbons (Fsp3) is 0.480. The maximum absolute atomic E-state index is 13.4. The first-order valence-corrected chi connectivity index (χ1v) is 10.6. The molecule has 2 aliphatic rings. The fourth-order valence-electron chi connectivity index (χ4n) is 4.69. The predicted molar refractivity (Wildman–Crippen MR) is 122 cm³/mol. The molecule has 1 aromatic rings. The Labute approximate surface area is 189 Å². The SMILES string of the molecule is C=CCOC(=O)C1C(C)=NC2=C(C(=O)CC(C)(C)C2)[C@@H]1c1ccc(OC)c(OC)c1OC. The molecule has 0 amide bonds. The number of hydrogen-bond acceptors (Lipinski definition) is 7. The Bertz CT molecular complexity index is 1000. The van der Waals surface area contributed by atoms with Gasteiger partial charge in [-0.3, -0.25) is 14.6 Å². The van der Waals surface area contributed by atoms with Gasteiger partial charge in [-0.25, -0.2) is 0 Å². The average molecular weight is 442 g/mol. The molecule has 172 valence electrons. The number of methoxy groups -OCH3 is 3. The molecular weight excluding hydrogens is 410 g/mol. The first-order chi connectivity index (χ1) is 15.2. The highest BCUT2D eigenvalue weighted by molar-refractivity contribution is 6.09. The second-order valence-electron chi connectivity index (χ2n) is 8.85. The van der Waals surface area contributed by atoms with Crippen LogP contribution in [-0.2, 0) is 14.3 Å². The molecule has 1 aromatic carbocycles. The lowest BCUT2D eigenvalue weighted by Gasteiger charge is -2.39. The summed E-state index contributed by atoms with van der Waals surface area (Å²) in [6.07, 6.45) is 2.53. The van der Waals surface area contributed by atoms with E-state index in [-0.39, 0.29) is 17.8 Å². The summed E-state index contributed by atoms with van der Waals surface area (Å²) >= 11 is 0. The number of allylic oxidation sites excluding steroid dienone is 2. The Kier molecular flexibility index (Phi) is 6.77. The molecule has 0 fully saturated rings. The summed E-state index contributed by atoms with van der Waals surface area (Å²) in [6, 6.07) is 3.57. The number of Topliss-reactive ketones (excluding diaryl/α,β-unsaturated/α-hetero) is 1. The highest BCUT2D eigenvalue weighted by Crippen LogP contribution is 2.52. The number of ketones is 1. The smallest absolute Gasteiger partial charge is 0.315 e. The van der Waals surface area contributed by atoms with Crippen molar-refractivity contribution in [1.29, 1.82) is 0 Å². The number of carbonyl (C=O) groups is 2. The Balaban J connectivity index is 2.27. The van der Waals surface area contributed by atoms with Crippen molar-refractivity contribution < 1.29 is 28.5 Å². The normalized spacial score (nSPS) is 21.9. The van der Waals surface area contributed by atoms with Crippen LogP contribution >= 0.6 is 0 Å². The van der Waals surface area contributed by atoms with Crippen molar-refractivity contribution in [2.45, 2.75) is 39.5 Å². The van der Waals surface area contributed by atoms with Gasteiger partial charge in [0, 0.05) is 34.9 Å². The van der Waals surface area contributed by atoms with Crippen LogP contribution in [0.25, 0.3) is 0 Å². The van der Waals surface area contributed by atoms with E-state index in [9.17, 15) is 9.59 Å². The van der Waals surface area contributed by atoms with E-state index in [4.69, 9.17) is 23.9 Å². The molecule has 32 heavy (non-hydrogen) atoms. The molecule has 0 saturated carbocycles. The summed E-state index contributed by atoms with van der Waals surface area (Å²) in [5.74, 6) is -0.559. The van der Waals surface area contributed by atoms with Crippen molar-refractivity contribution >= 4 is 17.5 Å². The minimum absolute atomic E-state index is 0.0177. The molecule has 1 aliphatic heterocycles. The van der Waals surface area contributed by atoms with Gasteiger partial charge in [-0.1, -0.05) is 32.6 Å². The van der Waals surface area contributed by atoms with Crippen LogP contribution in [0, 0.1) is 11.3 Å². The molecule has 0 aromatic heterocycles. The zero-order valence-electron chi connectivity index (χ0n) is 19.6. The van der Waals surface area contributed by atoms with E-state index in [0.717, 1.165) is 5.70 Å². The van der Waals surface area contributed by atoms with Crippen molar-refractivity contribution in [1.82, 2.24) is 0 Å². The highest BCUT2D eigenvalue weighted by Gasteiger charge is 2.47. The Morgan fingerprint density at radius 3 is 2.44 bits per heavy atom. The average Bonchev–Trinajstić information content (AvgIpc) is 2.74. The summed E-state index contributed by atoms with van der Waals surface area (Å²) in [5, 5.41) is 0. The molecule has 3 rings (SSSR count). The highest BCUT2D eigenvalue weighted by atomic mass is 16.5. The minimum atomic E-state index is -0.772. The quantitative estimate of drug-likeness (QED) is 0.464. The van der Waals surface area contributed by atoms with E-state index in [1.807, 2.05) is 6.07 Å². The minimum Gasteiger partial charge on any atom is -0.493 e. The van der Waals surface area contributed by atoms with Crippen LogP contribution in [0.5, 0.6) is 17.2 Å². The van der Waals surface area contributed by atoms with Gasteiger partial charge in [-0.05, 0) is 24.8 Å². The van der Waals surface area contributed by atoms with E-state index >= 15 is 0 Å². The lowest BCUT2D eigenvalue weighted by Crippen LogP contribution is -2.39. The van der Waals surface area contributed by atoms with Gasteiger partial charge in [0.2, 0.25) is 5.75 Å². The van der Waals surface area contributed by atoms with Gasteiger partial charge >= 0.3 is 5.97 Å². The number of aliphatic imine (C=N–C) groups is 1. The number of hydrogen-bond donors (Lipinski definition) is 0. The summed E-state index contributed by atoms with van der Waals surface area (Å²) in [4.78, 5) is 31.3. The van der Waals surface area contributed by atoms with Gasteiger partial charge < -0.3 is 18.9 Å². The van der Waals surface area contributed by atoms with E-state index < -0.39 is 17.8 Å². The molecule has 0 bridgehead atoms. The summed E-state index contributed by atoms with van der Waals surface area (Å²) < 4.78 is 22.1. The number of carbonyl (C=O) groups excluding carboxylic acids is 2. The third kappa shape index (κ3) is 4.16. The first-order valence-electron chi connectivity index (χ1n) is 10.6. The van der Waals surface area contributed by atoms with Crippen LogP contribution < -0.4 is 14.2 Å². The lowest BCUT2D eigenvalue weighted by atomic mass is 9.66. The van der Waals surface area contributed by atoms with E-state index in [1.165, 1.54) is 27.4 Å². The molecule has 0 spiro atoms. The number of nitrogens with zero attached hydrogens (tertiary/aromatic N) is 1. The predicted octanol–water partition coefficient (Wildman–Crippen LogP) is 4.26. The monoisotopic (exact) mass is 441 g/mol. The van der Waals surface area contributed by atoms with E-state index in [1.54, 1.807) is 13.0 Å². The first kappa shape index (κ1) is 23.6. The summed E-state index contributed by atoms with van der Waals surface area (Å²) in [7, 11) is 4.58. The summed E-state index contributed by atoms with van der Waals surface area (Å²) in [6.45, 7) is 9.59. The molecule has 0 N–H and O–H groups in total. The maximum Gasteiger partial charge on any atom is 0.315 e. The Morgan fingerprint density at radius 2 is 1.84 bits per heavy atom. The lowest BCUT2D eigenvalue weighted by molar-refractivity contribution is -0.145. The molecule has 2 atom stereocenters. The van der Waals surface area contributed by atoms with Crippen LogP contribution in [0.15, 0.2) is 41.1 Å². The van der Waals surface area contributed by atoms with Crippen LogP contribution in [0.1, 0.15) is 45.1 Å². The van der Waals surface area contributed by atoms with Crippen LogP contribution in [0.4, 0.5) is 0 Å². The van der Waals surface area contributed by atoms with Crippen LogP contribution in [0.2, 0.25) is 0 Å². The van der Waals surface area contributed by atoms with E-state index in [0.29, 0.717) is 46.9 Å². The zero-order valence-corrected chi connectivity index (χ0v) is 19.6. The van der Waals surface area contributed by atoms with E-state index in [2.05, 4.69) is 20.4 Å². The topological polar surface area (TPSA) is 83.4 Å². The standard InChI is InChI=1S/C25H31NO6/c1-8-11-32-24(28)19-14(2)26-16-12-25(3,4)13-17(27)21(16)20(19)15-9-10-18(29-5)23(31-7)22(15)30-6/h8-10,19-20H,1,11-13H2,2-7H3/t19?,20-/m1/s1. The summed E-state index contributed by atoms with van der Waals surface area (Å²) in [5.41, 5.74) is 2.31. The van der Waals surface area contributed by atoms with Crippen LogP contribution in [0.3, 0.4) is 0 Å². The van der Waals surface area contributed by atoms with Crippen molar-refractivity contribution in [3.8, 4) is 17.2 Å². The van der Waals surface area contributed by atoms with Gasteiger partial charge in [0.15, 0.2) is 17.3 Å². The van der Waals surface area contributed by atoms with Crippen LogP contribution in [-0.4, -0.2) is 45.4 Å². The van der Waals surface area contributed by atoms with Gasteiger partial charge in [0.25, 0.3) is 0 Å². The molecule has 1 heterocycles. The molecule has 0 saturated heterocycles. The second kappa shape index (κ2) is 9.18. The number of ether oxygens (including phenoxy) is 4. The van der Waals surface area contributed by atoms with Gasteiger partial charge in [-0.15, -0.1) is 0 Å². The Hall–Kier alpha value is -3.09. The maximum atomic E-state index is 13.4. The third-order valence-electron chi connectivity index (χ3n) is 5.97. The van der Waals surface area contributed by atoms with Gasteiger partial charge in [0.1, 0.15) is 12.5 Å². The van der Waals surface area contributed by atoms with Crippen molar-refractivity contribution in [2.24, 2.45) is 16.3 Å².